The number of carbonyl (C=O) groups excluding carboxylic acids is 1. The van der Waals surface area contributed by atoms with Crippen LogP contribution in [0.4, 0.5) is 0 Å². The Bertz CT molecular complexity index is 684. The van der Waals surface area contributed by atoms with Crippen molar-refractivity contribution < 1.29 is 9.53 Å². The average molecular weight is 309 g/mol. The highest BCUT2D eigenvalue weighted by Gasteiger charge is 2.27. The standard InChI is InChI=1S/C14H19N3O3S/c1-9(2)12(13(18)20-4)17-6-5-16(14(17)19)7-11-8-21-10(3)15-11/h5-6,8-9,12H,7H2,1-4H3/t12-/m0/s1. The molecule has 2 rings (SSSR count). The fourth-order valence-electron chi connectivity index (χ4n) is 2.24. The first-order valence-corrected chi connectivity index (χ1v) is 7.58. The fourth-order valence-corrected chi connectivity index (χ4v) is 2.85. The summed E-state index contributed by atoms with van der Waals surface area (Å²) in [7, 11) is 1.33. The van der Waals surface area contributed by atoms with E-state index in [-0.39, 0.29) is 11.6 Å². The first-order valence-electron chi connectivity index (χ1n) is 6.70. The quantitative estimate of drug-likeness (QED) is 0.790. The molecular formula is C14H19N3O3S. The van der Waals surface area contributed by atoms with Gasteiger partial charge < -0.3 is 4.74 Å². The molecule has 0 radical (unpaired) electrons. The van der Waals surface area contributed by atoms with Gasteiger partial charge in [0.05, 0.1) is 24.4 Å². The SMILES string of the molecule is COC(=O)[C@H](C(C)C)n1ccn(Cc2csc(C)n2)c1=O. The summed E-state index contributed by atoms with van der Waals surface area (Å²) in [4.78, 5) is 28.7. The summed E-state index contributed by atoms with van der Waals surface area (Å²) in [5, 5.41) is 2.89. The van der Waals surface area contributed by atoms with E-state index >= 15 is 0 Å². The summed E-state index contributed by atoms with van der Waals surface area (Å²) in [5.41, 5.74) is 0.612. The molecule has 0 spiro atoms. The number of hydrogen-bond donors (Lipinski definition) is 0. The van der Waals surface area contributed by atoms with Gasteiger partial charge in [0, 0.05) is 17.8 Å². The number of carbonyl (C=O) groups is 1. The molecule has 2 aromatic heterocycles. The molecule has 0 aliphatic heterocycles. The maximum absolute atomic E-state index is 12.4. The molecular weight excluding hydrogens is 290 g/mol. The number of imidazole rings is 1. The van der Waals surface area contributed by atoms with Crippen molar-refractivity contribution in [2.75, 3.05) is 7.11 Å². The number of aromatic nitrogens is 3. The minimum atomic E-state index is -0.610. The van der Waals surface area contributed by atoms with Crippen molar-refractivity contribution in [1.82, 2.24) is 14.1 Å². The normalized spacial score (nSPS) is 12.6. The van der Waals surface area contributed by atoms with Crippen LogP contribution in [0.1, 0.15) is 30.6 Å². The molecule has 0 aliphatic carbocycles. The molecule has 2 heterocycles. The van der Waals surface area contributed by atoms with E-state index in [4.69, 9.17) is 4.74 Å². The van der Waals surface area contributed by atoms with E-state index in [0.717, 1.165) is 10.7 Å². The molecule has 0 aliphatic rings. The Balaban J connectivity index is 2.31. The van der Waals surface area contributed by atoms with E-state index in [1.54, 1.807) is 28.3 Å². The van der Waals surface area contributed by atoms with Crippen LogP contribution in [-0.2, 0) is 16.1 Å². The molecule has 0 aromatic carbocycles. The molecule has 1 atom stereocenters. The van der Waals surface area contributed by atoms with Crippen molar-refractivity contribution in [3.8, 4) is 0 Å². The molecule has 0 saturated heterocycles. The monoisotopic (exact) mass is 309 g/mol. The van der Waals surface area contributed by atoms with Gasteiger partial charge in [0.1, 0.15) is 6.04 Å². The van der Waals surface area contributed by atoms with Gasteiger partial charge in [-0.05, 0) is 12.8 Å². The summed E-state index contributed by atoms with van der Waals surface area (Å²) in [5.74, 6) is -0.443. The number of thiazole rings is 1. The Kier molecular flexibility index (Phi) is 4.62. The zero-order chi connectivity index (χ0) is 15.6. The van der Waals surface area contributed by atoms with Gasteiger partial charge >= 0.3 is 11.7 Å². The van der Waals surface area contributed by atoms with Crippen LogP contribution in [0.25, 0.3) is 0 Å². The average Bonchev–Trinajstić information content (AvgIpc) is 2.99. The van der Waals surface area contributed by atoms with Crippen LogP contribution in [0.15, 0.2) is 22.6 Å². The van der Waals surface area contributed by atoms with E-state index in [0.29, 0.717) is 6.54 Å². The molecule has 7 heteroatoms. The molecule has 6 nitrogen and oxygen atoms in total. The van der Waals surface area contributed by atoms with Gasteiger partial charge in [-0.15, -0.1) is 11.3 Å². The molecule has 2 aromatic rings. The fraction of sp³-hybridized carbons (Fsp3) is 0.500. The summed E-state index contributed by atoms with van der Waals surface area (Å²) in [6.45, 7) is 6.10. The maximum Gasteiger partial charge on any atom is 0.329 e. The number of rotatable bonds is 5. The Morgan fingerprint density at radius 1 is 1.43 bits per heavy atom. The molecule has 0 fully saturated rings. The van der Waals surface area contributed by atoms with Crippen molar-refractivity contribution in [2.24, 2.45) is 5.92 Å². The van der Waals surface area contributed by atoms with E-state index in [1.807, 2.05) is 26.2 Å². The molecule has 0 bridgehead atoms. The predicted octanol–water partition coefficient (Wildman–Crippen LogP) is 1.83. The largest absolute Gasteiger partial charge is 0.467 e. The summed E-state index contributed by atoms with van der Waals surface area (Å²) in [6.07, 6.45) is 3.30. The van der Waals surface area contributed by atoms with E-state index in [2.05, 4.69) is 4.98 Å². The Morgan fingerprint density at radius 3 is 2.67 bits per heavy atom. The van der Waals surface area contributed by atoms with Gasteiger partial charge in [0.15, 0.2) is 0 Å². The zero-order valence-electron chi connectivity index (χ0n) is 12.6. The minimum absolute atomic E-state index is 0.0347. The molecule has 0 amide bonds. The van der Waals surface area contributed by atoms with Crippen LogP contribution in [0.5, 0.6) is 0 Å². The third-order valence-corrected chi connectivity index (χ3v) is 4.07. The second-order valence-electron chi connectivity index (χ2n) is 5.19. The Morgan fingerprint density at radius 2 is 2.14 bits per heavy atom. The summed E-state index contributed by atoms with van der Waals surface area (Å²) in [6, 6.07) is -0.610. The predicted molar refractivity (Wildman–Crippen MR) is 80.5 cm³/mol. The van der Waals surface area contributed by atoms with Crippen LogP contribution in [-0.4, -0.2) is 27.2 Å². The lowest BCUT2D eigenvalue weighted by molar-refractivity contribution is -0.146. The lowest BCUT2D eigenvalue weighted by atomic mass is 10.0. The molecule has 21 heavy (non-hydrogen) atoms. The van der Waals surface area contributed by atoms with Crippen molar-refractivity contribution in [3.63, 3.8) is 0 Å². The molecule has 114 valence electrons. The second-order valence-corrected chi connectivity index (χ2v) is 6.25. The number of methoxy groups -OCH3 is 1. The van der Waals surface area contributed by atoms with Gasteiger partial charge in [-0.25, -0.2) is 14.6 Å². The highest BCUT2D eigenvalue weighted by atomic mass is 32.1. The highest BCUT2D eigenvalue weighted by Crippen LogP contribution is 2.17. The maximum atomic E-state index is 12.4. The van der Waals surface area contributed by atoms with Gasteiger partial charge in [0.2, 0.25) is 0 Å². The third kappa shape index (κ3) is 3.24. The second kappa shape index (κ2) is 6.26. The smallest absolute Gasteiger partial charge is 0.329 e. The van der Waals surface area contributed by atoms with Crippen molar-refractivity contribution in [3.05, 3.63) is 39.0 Å². The lowest BCUT2D eigenvalue weighted by Gasteiger charge is -2.18. The number of aryl methyl sites for hydroxylation is 1. The lowest BCUT2D eigenvalue weighted by Crippen LogP contribution is -2.34. The van der Waals surface area contributed by atoms with Crippen molar-refractivity contribution >= 4 is 17.3 Å². The number of nitrogens with zero attached hydrogens (tertiary/aromatic N) is 3. The molecule has 0 N–H and O–H groups in total. The van der Waals surface area contributed by atoms with Gasteiger partial charge in [-0.1, -0.05) is 13.8 Å². The third-order valence-electron chi connectivity index (χ3n) is 3.25. The van der Waals surface area contributed by atoms with Crippen LogP contribution >= 0.6 is 11.3 Å². The van der Waals surface area contributed by atoms with Crippen LogP contribution in [0.2, 0.25) is 0 Å². The van der Waals surface area contributed by atoms with E-state index in [9.17, 15) is 9.59 Å². The van der Waals surface area contributed by atoms with E-state index < -0.39 is 12.0 Å². The Hall–Kier alpha value is -1.89. The number of hydrogen-bond acceptors (Lipinski definition) is 5. The van der Waals surface area contributed by atoms with Crippen molar-refractivity contribution in [1.29, 1.82) is 0 Å². The topological polar surface area (TPSA) is 66.1 Å². The first kappa shape index (κ1) is 15.5. The van der Waals surface area contributed by atoms with Crippen LogP contribution in [0, 0.1) is 12.8 Å². The summed E-state index contributed by atoms with van der Waals surface area (Å²) >= 11 is 1.55. The zero-order valence-corrected chi connectivity index (χ0v) is 13.4. The Labute approximate surface area is 127 Å². The minimum Gasteiger partial charge on any atom is -0.467 e. The van der Waals surface area contributed by atoms with Crippen molar-refractivity contribution in [2.45, 2.75) is 33.4 Å². The van der Waals surface area contributed by atoms with Gasteiger partial charge in [-0.3, -0.25) is 9.13 Å². The highest BCUT2D eigenvalue weighted by molar-refractivity contribution is 7.09. The first-order chi connectivity index (χ1) is 9.93. The molecule has 0 unspecified atom stereocenters. The van der Waals surface area contributed by atoms with Gasteiger partial charge in [-0.2, -0.15) is 0 Å². The van der Waals surface area contributed by atoms with E-state index in [1.165, 1.54) is 11.7 Å². The number of esters is 1. The van der Waals surface area contributed by atoms with Gasteiger partial charge in [0.25, 0.3) is 0 Å². The summed E-state index contributed by atoms with van der Waals surface area (Å²) < 4.78 is 7.77. The number of ether oxygens (including phenoxy) is 1. The van der Waals surface area contributed by atoms with Crippen LogP contribution < -0.4 is 5.69 Å². The van der Waals surface area contributed by atoms with Crippen LogP contribution in [0.3, 0.4) is 0 Å². The molecule has 0 saturated carbocycles.